The molecule has 12 heterocycles. The molecule has 0 aliphatic heterocycles. The second-order valence-electron chi connectivity index (χ2n) is 22.3. The second-order valence-corrected chi connectivity index (χ2v) is 26.7. The molecule has 0 amide bonds. The average molecular weight is 1600 g/mol. The zero-order chi connectivity index (χ0) is 78.0. The van der Waals surface area contributed by atoms with Gasteiger partial charge in [0.15, 0.2) is 17.6 Å². The maximum absolute atomic E-state index is 5.10. The van der Waals surface area contributed by atoms with Crippen molar-refractivity contribution >= 4 is 45.7 Å². The van der Waals surface area contributed by atoms with Crippen molar-refractivity contribution < 1.29 is 17.9 Å². The monoisotopic (exact) mass is 1600 g/mol. The highest BCUT2D eigenvalue weighted by Crippen LogP contribution is 2.16. The van der Waals surface area contributed by atoms with Crippen molar-refractivity contribution in [1.82, 2.24) is 87.6 Å². The lowest BCUT2D eigenvalue weighted by atomic mass is 10.2. The van der Waals surface area contributed by atoms with Crippen LogP contribution < -0.4 is 0 Å². The van der Waals surface area contributed by atoms with Gasteiger partial charge in [0.05, 0.1) is 49.9 Å². The largest absolute Gasteiger partial charge is 0.449 e. The number of aromatic nitrogens is 18. The van der Waals surface area contributed by atoms with Crippen molar-refractivity contribution in [1.29, 1.82) is 0 Å². The molecule has 0 fully saturated rings. The molecule has 0 unspecified atom stereocenters. The molecule has 0 spiro atoms. The highest BCUT2D eigenvalue weighted by Gasteiger charge is 2.04. The van der Waals surface area contributed by atoms with Gasteiger partial charge in [0.25, 0.3) is 0 Å². The Morgan fingerprint density at radius 2 is 0.917 bits per heavy atom. The maximum Gasteiger partial charge on any atom is 0.223 e. The van der Waals surface area contributed by atoms with E-state index in [2.05, 4.69) is 163 Å². The van der Waals surface area contributed by atoms with Crippen molar-refractivity contribution in [2.45, 2.75) is 316 Å². The molecule has 12 rings (SSSR count). The van der Waals surface area contributed by atoms with Gasteiger partial charge in [-0.1, -0.05) is 119 Å². The van der Waals surface area contributed by atoms with Crippen LogP contribution in [-0.2, 0) is 28.2 Å². The van der Waals surface area contributed by atoms with Gasteiger partial charge in [0.2, 0.25) is 5.89 Å². The number of rotatable bonds is 0. The molecular weight excluding hydrogens is 1440 g/mol. The third kappa shape index (κ3) is 53.5. The fourth-order valence-electron chi connectivity index (χ4n) is 7.33. The number of aryl methyl sites for hydroxylation is 28. The first kappa shape index (κ1) is 128. The Bertz CT molecular complexity index is 3440. The van der Waals surface area contributed by atoms with Crippen LogP contribution in [-0.4, -0.2) is 87.6 Å². The van der Waals surface area contributed by atoms with E-state index in [0.29, 0.717) is 11.7 Å². The first-order valence-corrected chi connectivity index (χ1v) is 36.7. The predicted octanol–water partition coefficient (Wildman–Crippen LogP) is 25.8. The van der Waals surface area contributed by atoms with Crippen molar-refractivity contribution in [3.05, 3.63) is 192 Å². The summed E-state index contributed by atoms with van der Waals surface area (Å²) >= 11 is 6.48. The summed E-state index contributed by atoms with van der Waals surface area (Å²) in [4.78, 5) is 35.2. The zero-order valence-electron chi connectivity index (χ0n) is 68.6. The number of hydrogen-bond acceptors (Lipinski definition) is 22. The van der Waals surface area contributed by atoms with Crippen LogP contribution in [0.3, 0.4) is 0 Å². The van der Waals surface area contributed by atoms with Crippen LogP contribution in [0.5, 0.6) is 0 Å². The van der Waals surface area contributed by atoms with E-state index >= 15 is 0 Å². The van der Waals surface area contributed by atoms with Crippen molar-refractivity contribution in [2.75, 3.05) is 0 Å². The van der Waals surface area contributed by atoms with E-state index in [9.17, 15) is 0 Å². The van der Waals surface area contributed by atoms with E-state index in [1.54, 1.807) is 59.0 Å². The Hall–Kier alpha value is -7.94. The van der Waals surface area contributed by atoms with Gasteiger partial charge in [-0.15, -0.1) is 22.7 Å². The Morgan fingerprint density at radius 3 is 1.03 bits per heavy atom. The Labute approximate surface area is 683 Å². The number of imidazole rings is 1. The summed E-state index contributed by atoms with van der Waals surface area (Å²) in [5.74, 6) is 8.40. The SMILES string of the molecule is C.C.C.C.C.C.C.C.C.CC.CC.CC.Cc1cc(C)n(C)c1.Cc1coc(C)n1.Cc1csc(C)n1.Cc1nc(C)c(C)o1.Cc1nc(C)c(C)s1.Cc1nc(C)n(C)c1C.Cc1nc(C)n(C)n1.Cc1nn(C)c(C)c1C.Cc1noc(C)c1C.Cc1noc(C)n1.Cc1nsc(C)c1C.Cc1nsc(C)n1. The minimum absolute atomic E-state index is 0. The molecule has 0 aliphatic carbocycles. The summed E-state index contributed by atoms with van der Waals surface area (Å²) < 4.78 is 35.4. The molecule has 0 saturated carbocycles. The van der Waals surface area contributed by atoms with Crippen LogP contribution in [0.1, 0.15) is 276 Å². The molecule has 12 aromatic heterocycles. The molecular formula is C83H160N18O4S4. The van der Waals surface area contributed by atoms with Crippen LogP contribution in [0.4, 0.5) is 0 Å². The molecule has 0 bridgehead atoms. The third-order valence-corrected chi connectivity index (χ3v) is 17.5. The van der Waals surface area contributed by atoms with Crippen LogP contribution >= 0.6 is 45.7 Å². The van der Waals surface area contributed by atoms with Gasteiger partial charge in [-0.3, -0.25) is 9.36 Å². The van der Waals surface area contributed by atoms with Crippen LogP contribution in [0.25, 0.3) is 0 Å². The maximum atomic E-state index is 5.10. The van der Waals surface area contributed by atoms with Crippen LogP contribution in [0.2, 0.25) is 0 Å². The van der Waals surface area contributed by atoms with Gasteiger partial charge in [-0.25, -0.2) is 34.9 Å². The van der Waals surface area contributed by atoms with Gasteiger partial charge in [0, 0.05) is 98.6 Å². The quantitative estimate of drug-likeness (QED) is 0.137. The molecule has 630 valence electrons. The summed E-state index contributed by atoms with van der Waals surface area (Å²) in [7, 11) is 7.94. The molecule has 0 radical (unpaired) electrons. The molecule has 12 aromatic rings. The molecule has 0 atom stereocenters. The highest BCUT2D eigenvalue weighted by molar-refractivity contribution is 7.11. The van der Waals surface area contributed by atoms with Gasteiger partial charge in [-0.05, 0) is 233 Å². The zero-order valence-corrected chi connectivity index (χ0v) is 71.9. The molecule has 109 heavy (non-hydrogen) atoms. The lowest BCUT2D eigenvalue weighted by Gasteiger charge is -1.94. The van der Waals surface area contributed by atoms with E-state index in [4.69, 9.17) is 13.4 Å². The number of thiazole rings is 2. The first-order valence-electron chi connectivity index (χ1n) is 33.4. The number of oxazole rings is 2. The topological polar surface area (TPSA) is 253 Å². The van der Waals surface area contributed by atoms with E-state index < -0.39 is 0 Å². The summed E-state index contributed by atoms with van der Waals surface area (Å²) in [5.41, 5.74) is 17.6. The van der Waals surface area contributed by atoms with E-state index in [-0.39, 0.29) is 66.8 Å². The molecule has 22 nitrogen and oxygen atoms in total. The molecule has 0 aliphatic rings. The van der Waals surface area contributed by atoms with E-state index in [1.165, 1.54) is 71.5 Å². The van der Waals surface area contributed by atoms with Gasteiger partial charge >= 0.3 is 0 Å². The van der Waals surface area contributed by atoms with Gasteiger partial charge < -0.3 is 27.0 Å². The van der Waals surface area contributed by atoms with E-state index in [1.807, 2.05) is 206 Å². The predicted molar refractivity (Wildman–Crippen MR) is 480 cm³/mol. The Morgan fingerprint density at radius 1 is 0.367 bits per heavy atom. The number of nitrogens with zero attached hydrogens (tertiary/aromatic N) is 18. The number of hydrogen-bond donors (Lipinski definition) is 0. The van der Waals surface area contributed by atoms with Gasteiger partial charge in [-0.2, -0.15) is 23.9 Å². The van der Waals surface area contributed by atoms with Crippen molar-refractivity contribution in [3.63, 3.8) is 0 Å². The van der Waals surface area contributed by atoms with Crippen LogP contribution in [0, 0.1) is 208 Å². The van der Waals surface area contributed by atoms with Crippen LogP contribution in [0.15, 0.2) is 41.8 Å². The molecule has 0 aromatic carbocycles. The normalized spacial score (nSPS) is 8.62. The third-order valence-electron chi connectivity index (χ3n) is 14.0. The fraction of sp³-hybridized carbons (Fsp3) is 0.590. The van der Waals surface area contributed by atoms with Gasteiger partial charge in [0.1, 0.15) is 46.1 Å². The molecule has 26 heteroatoms. The minimum atomic E-state index is 0. The fourth-order valence-corrected chi connectivity index (χ4v) is 9.91. The summed E-state index contributed by atoms with van der Waals surface area (Å²) in [6, 6.07) is 2.17. The lowest BCUT2D eigenvalue weighted by molar-refractivity contribution is 0.389. The van der Waals surface area contributed by atoms with E-state index in [0.717, 1.165) is 96.3 Å². The first-order chi connectivity index (χ1) is 46.6. The smallest absolute Gasteiger partial charge is 0.223 e. The molecule has 0 saturated heterocycles. The van der Waals surface area contributed by atoms with Crippen molar-refractivity contribution in [2.24, 2.45) is 28.2 Å². The summed E-state index contributed by atoms with van der Waals surface area (Å²) in [6.07, 6.45) is 3.75. The summed E-state index contributed by atoms with van der Waals surface area (Å²) in [5, 5.41) is 20.9. The second kappa shape index (κ2) is 68.1. The van der Waals surface area contributed by atoms with Crippen molar-refractivity contribution in [3.8, 4) is 0 Å². The highest BCUT2D eigenvalue weighted by atomic mass is 32.1. The lowest BCUT2D eigenvalue weighted by Crippen LogP contribution is -1.92. The standard InChI is InChI=1S/2C7H12N2.C7H11N.2C6H9NO.2C6H9NS.C5H9N3.C5H7NO.C5H7NS.C4H6N2O.C4H6N2S.3C2H6.9CH4/c1-5-6(2)9(4)7(3)8-5;1-5-6(2)8-9(4)7(5)3;1-6-4-7(2)8(3)5-6;1-4-5(2)8-6(3)7-4;1-4-5(2)7-8-6(4)3;1-4-5(2)8-6(3)7-4;1-4-5(2)7-8-6(4)3;1-4-6-5(2)8(3)7-4;2*1-4-3-7-5(2)6-4;2*1-3-5-4(2)7-6-3;3*1-2;;;;;;;;;/h2*1-4H3;4-5H,1-3H3;5*1-3H3;2*3H,1-2H3;2*1-2H3;3*1-2H3;9*1H4. The minimum Gasteiger partial charge on any atom is -0.449 e. The average Bonchev–Trinajstić information content (AvgIpc) is 1.73. The Balaban J connectivity index is -0.0000000929. The summed E-state index contributed by atoms with van der Waals surface area (Å²) in [6.45, 7) is 71.4. The molecule has 0 N–H and O–H groups in total. The Kier molecular flexibility index (Phi) is 79.7.